The van der Waals surface area contributed by atoms with E-state index in [1.807, 2.05) is 0 Å². The fourth-order valence-corrected chi connectivity index (χ4v) is 9.27. The van der Waals surface area contributed by atoms with Gasteiger partial charge < -0.3 is 4.90 Å². The van der Waals surface area contributed by atoms with E-state index < -0.39 is 0 Å². The molecule has 0 aromatic heterocycles. The van der Waals surface area contributed by atoms with E-state index in [4.69, 9.17) is 0 Å². The Morgan fingerprint density at radius 1 is 0.197 bits per heavy atom. The lowest BCUT2D eigenvalue weighted by atomic mass is 10.0. The van der Waals surface area contributed by atoms with Crippen LogP contribution in [0.15, 0.2) is 24.3 Å². The molecule has 0 heterocycles. The first-order valence-electron chi connectivity index (χ1n) is 28.9. The number of hydrogen-bond donors (Lipinski definition) is 0. The van der Waals surface area contributed by atoms with E-state index in [0.717, 1.165) is 0 Å². The van der Waals surface area contributed by atoms with Crippen LogP contribution in [-0.2, 0) is 0 Å². The van der Waals surface area contributed by atoms with Gasteiger partial charge in [0.25, 0.3) is 0 Å². The quantitative estimate of drug-likeness (QED) is 0.0435. The number of allylic oxidation sites excluding steroid dienone is 4. The van der Waals surface area contributed by atoms with Crippen LogP contribution in [0.2, 0.25) is 0 Å². The van der Waals surface area contributed by atoms with Crippen molar-refractivity contribution in [1.29, 1.82) is 0 Å². The van der Waals surface area contributed by atoms with Gasteiger partial charge in [-0.3, -0.25) is 0 Å². The van der Waals surface area contributed by atoms with Gasteiger partial charge in [-0.05, 0) is 90.3 Å². The van der Waals surface area contributed by atoms with E-state index in [1.54, 1.807) is 0 Å². The molecule has 0 fully saturated rings. The molecule has 0 atom stereocenters. The largest absolute Gasteiger partial charge is 0.303 e. The minimum atomic E-state index is 0. The summed E-state index contributed by atoms with van der Waals surface area (Å²) >= 11 is 0. The third-order valence-electron chi connectivity index (χ3n) is 13.6. The lowest BCUT2D eigenvalue weighted by Gasteiger charge is -2.22. The van der Waals surface area contributed by atoms with Crippen LogP contribution < -0.4 is 0 Å². The summed E-state index contributed by atoms with van der Waals surface area (Å²) in [6.07, 6.45) is 80.1. The van der Waals surface area contributed by atoms with E-state index >= 15 is 0 Å². The molecule has 0 rings (SSSR count). The monoisotopic (exact) mass is 876 g/mol. The zero-order valence-corrected chi connectivity index (χ0v) is 43.8. The predicted octanol–water partition coefficient (Wildman–Crippen LogP) is 22.0. The van der Waals surface area contributed by atoms with Gasteiger partial charge in [-0.2, -0.15) is 0 Å². The van der Waals surface area contributed by atoms with Crippen LogP contribution in [0.5, 0.6) is 0 Å². The summed E-state index contributed by atoms with van der Waals surface area (Å²) in [5.74, 6) is 0. The summed E-state index contributed by atoms with van der Waals surface area (Å²) in [5.41, 5.74) is 0. The van der Waals surface area contributed by atoms with Crippen molar-refractivity contribution in [3.8, 4) is 0 Å². The molecule has 0 unspecified atom stereocenters. The van der Waals surface area contributed by atoms with Crippen LogP contribution >= 0.6 is 12.4 Å². The molecule has 1 nitrogen and oxygen atoms in total. The highest BCUT2D eigenvalue weighted by molar-refractivity contribution is 5.85. The Balaban J connectivity index is 0. The zero-order chi connectivity index (χ0) is 43.2. The van der Waals surface area contributed by atoms with Gasteiger partial charge in [-0.1, -0.05) is 289 Å². The molecule has 0 saturated carbocycles. The molecule has 0 radical (unpaired) electrons. The number of unbranched alkanes of at least 4 members (excludes halogenated alkanes) is 44. The van der Waals surface area contributed by atoms with E-state index in [2.05, 4.69) is 50.0 Å². The van der Waals surface area contributed by atoms with Crippen molar-refractivity contribution in [3.63, 3.8) is 0 Å². The van der Waals surface area contributed by atoms with Gasteiger partial charge in [0, 0.05) is 0 Å². The molecular formula is C59H118ClN. The summed E-state index contributed by atoms with van der Waals surface area (Å²) < 4.78 is 0. The maximum Gasteiger partial charge on any atom is -0.00187 e. The molecule has 2 heteroatoms. The standard InChI is InChI=1S/C59H117N.ClH/c1-4-7-10-13-16-19-22-25-28-31-32-33-34-35-38-41-44-47-50-53-56-59-60(57-54-51-48-45-42-39-36-29-26-23-20-17-14-11-8-5-2)58-55-52-49-46-43-40-37-30-27-24-21-18-15-12-9-6-3;/h26-27,29-30H,4-25,28,31-59H2,1-3H3;1H. The normalized spacial score (nSPS) is 11.9. The van der Waals surface area contributed by atoms with Crippen LogP contribution in [0, 0.1) is 0 Å². The minimum Gasteiger partial charge on any atom is -0.303 e. The molecule has 0 saturated heterocycles. The maximum absolute atomic E-state index is 2.87. The van der Waals surface area contributed by atoms with Crippen molar-refractivity contribution in [1.82, 2.24) is 4.90 Å². The van der Waals surface area contributed by atoms with Gasteiger partial charge in [0.05, 0.1) is 0 Å². The first kappa shape index (κ1) is 62.8. The highest BCUT2D eigenvalue weighted by atomic mass is 35.5. The molecule has 366 valence electrons. The number of hydrogen-bond acceptors (Lipinski definition) is 1. The first-order valence-corrected chi connectivity index (χ1v) is 28.9. The predicted molar refractivity (Wildman–Crippen MR) is 285 cm³/mol. The lowest BCUT2D eigenvalue weighted by molar-refractivity contribution is 0.254. The summed E-state index contributed by atoms with van der Waals surface area (Å²) in [4.78, 5) is 2.87. The van der Waals surface area contributed by atoms with Crippen LogP contribution in [0.25, 0.3) is 0 Å². The Morgan fingerprint density at radius 3 is 0.525 bits per heavy atom. The Labute approximate surface area is 394 Å². The molecule has 0 bridgehead atoms. The molecule has 0 aliphatic rings. The highest BCUT2D eigenvalue weighted by Gasteiger charge is 2.06. The van der Waals surface area contributed by atoms with Gasteiger partial charge in [0.15, 0.2) is 0 Å². The molecule has 0 spiro atoms. The highest BCUT2D eigenvalue weighted by Crippen LogP contribution is 2.17. The van der Waals surface area contributed by atoms with Crippen molar-refractivity contribution in [2.24, 2.45) is 0 Å². The Bertz CT molecular complexity index is 748. The van der Waals surface area contributed by atoms with Crippen molar-refractivity contribution in [2.75, 3.05) is 19.6 Å². The van der Waals surface area contributed by atoms with Gasteiger partial charge in [-0.25, -0.2) is 0 Å². The summed E-state index contributed by atoms with van der Waals surface area (Å²) in [6, 6.07) is 0. The average Bonchev–Trinajstić information content (AvgIpc) is 3.26. The second-order valence-electron chi connectivity index (χ2n) is 19.8. The van der Waals surface area contributed by atoms with Crippen molar-refractivity contribution >= 4 is 12.4 Å². The van der Waals surface area contributed by atoms with Crippen LogP contribution in [0.3, 0.4) is 0 Å². The second-order valence-corrected chi connectivity index (χ2v) is 19.8. The third-order valence-corrected chi connectivity index (χ3v) is 13.6. The van der Waals surface area contributed by atoms with Gasteiger partial charge >= 0.3 is 0 Å². The molecule has 0 aromatic carbocycles. The summed E-state index contributed by atoms with van der Waals surface area (Å²) in [5, 5.41) is 0. The number of rotatable bonds is 54. The van der Waals surface area contributed by atoms with Crippen LogP contribution in [-0.4, -0.2) is 24.5 Å². The molecular weight excluding hydrogens is 758 g/mol. The minimum absolute atomic E-state index is 0. The molecule has 61 heavy (non-hydrogen) atoms. The van der Waals surface area contributed by atoms with Crippen molar-refractivity contribution in [3.05, 3.63) is 24.3 Å². The Hall–Kier alpha value is -0.270. The molecule has 0 aromatic rings. The second kappa shape index (κ2) is 59.7. The third kappa shape index (κ3) is 57.7. The fourth-order valence-electron chi connectivity index (χ4n) is 9.27. The van der Waals surface area contributed by atoms with Gasteiger partial charge in [0.2, 0.25) is 0 Å². The molecule has 0 N–H and O–H groups in total. The van der Waals surface area contributed by atoms with E-state index in [1.165, 1.54) is 334 Å². The molecule has 0 amide bonds. The van der Waals surface area contributed by atoms with Crippen LogP contribution in [0.1, 0.15) is 335 Å². The van der Waals surface area contributed by atoms with E-state index in [-0.39, 0.29) is 12.4 Å². The number of halogens is 1. The SMILES string of the molecule is CCCCCCCCC=CCCCCCCCCN(CCCCCCCCC=CCCCCCCCC)CCCCCCCCCCCCCCCCCCCCCCC.Cl. The smallest absolute Gasteiger partial charge is 0.00187 e. The van der Waals surface area contributed by atoms with E-state index in [9.17, 15) is 0 Å². The average molecular weight is 877 g/mol. The summed E-state index contributed by atoms with van der Waals surface area (Å²) in [7, 11) is 0. The van der Waals surface area contributed by atoms with Gasteiger partial charge in [0.1, 0.15) is 0 Å². The molecule has 0 aliphatic carbocycles. The fraction of sp³-hybridized carbons (Fsp3) is 0.932. The lowest BCUT2D eigenvalue weighted by Crippen LogP contribution is -2.27. The zero-order valence-electron chi connectivity index (χ0n) is 42.9. The topological polar surface area (TPSA) is 3.24 Å². The molecule has 0 aliphatic heterocycles. The van der Waals surface area contributed by atoms with E-state index in [0.29, 0.717) is 0 Å². The maximum atomic E-state index is 2.87. The summed E-state index contributed by atoms with van der Waals surface area (Å²) in [6.45, 7) is 11.0. The van der Waals surface area contributed by atoms with Crippen LogP contribution in [0.4, 0.5) is 0 Å². The Kier molecular flexibility index (Phi) is 61.5. The van der Waals surface area contributed by atoms with Crippen molar-refractivity contribution < 1.29 is 0 Å². The van der Waals surface area contributed by atoms with Crippen molar-refractivity contribution in [2.45, 2.75) is 335 Å². The Morgan fingerprint density at radius 2 is 0.344 bits per heavy atom. The number of nitrogens with zero attached hydrogens (tertiary/aromatic N) is 1. The first-order chi connectivity index (χ1) is 29.8. The van der Waals surface area contributed by atoms with Gasteiger partial charge in [-0.15, -0.1) is 12.4 Å².